The Kier molecular flexibility index (Phi) is 5.50. The fraction of sp³-hybridized carbons (Fsp3) is 0.350. The Bertz CT molecular complexity index is 717. The molecule has 0 heterocycles. The minimum Gasteiger partial charge on any atom is -0.495 e. The summed E-state index contributed by atoms with van der Waals surface area (Å²) in [7, 11) is 1.59. The van der Waals surface area contributed by atoms with Crippen LogP contribution in [0.15, 0.2) is 42.5 Å². The second-order valence-electron chi connectivity index (χ2n) is 6.77. The minimum atomic E-state index is -0.220. The lowest BCUT2D eigenvalue weighted by Crippen LogP contribution is -2.21. The van der Waals surface area contributed by atoms with Gasteiger partial charge in [0.2, 0.25) is 0 Å². The van der Waals surface area contributed by atoms with Gasteiger partial charge in [0, 0.05) is 0 Å². The van der Waals surface area contributed by atoms with Crippen LogP contribution in [0.4, 0.5) is 5.69 Å². The molecule has 0 bridgehead atoms. The van der Waals surface area contributed by atoms with E-state index in [1.54, 1.807) is 7.11 Å². The number of anilines is 1. The summed E-state index contributed by atoms with van der Waals surface area (Å²) < 4.78 is 10.9. The van der Waals surface area contributed by atoms with Crippen molar-refractivity contribution in [1.29, 1.82) is 0 Å². The van der Waals surface area contributed by atoms with Gasteiger partial charge in [0.15, 0.2) is 6.61 Å². The highest BCUT2D eigenvalue weighted by atomic mass is 16.5. The zero-order valence-corrected chi connectivity index (χ0v) is 15.0. The molecule has 4 heteroatoms. The Hall–Kier alpha value is -2.49. The SMILES string of the molecule is COc1ccc(C(C)(C)C)cc1NC(=O)COc1ccccc1C. The third-order valence-corrected chi connectivity index (χ3v) is 3.79. The second kappa shape index (κ2) is 7.39. The standard InChI is InChI=1S/C20H25NO3/c1-14-8-6-7-9-17(14)24-13-19(22)21-16-12-15(20(2,3)4)10-11-18(16)23-5/h6-12H,13H2,1-5H3,(H,21,22). The quantitative estimate of drug-likeness (QED) is 0.890. The normalized spacial score (nSPS) is 11.0. The summed E-state index contributed by atoms with van der Waals surface area (Å²) in [5, 5.41) is 2.87. The van der Waals surface area contributed by atoms with Crippen molar-refractivity contribution in [3.05, 3.63) is 53.6 Å². The van der Waals surface area contributed by atoms with Crippen molar-refractivity contribution in [2.45, 2.75) is 33.1 Å². The number of nitrogens with one attached hydrogen (secondary N) is 1. The van der Waals surface area contributed by atoms with Gasteiger partial charge >= 0.3 is 0 Å². The van der Waals surface area contributed by atoms with Crippen LogP contribution in [0.2, 0.25) is 0 Å². The van der Waals surface area contributed by atoms with Gasteiger partial charge in [0.25, 0.3) is 5.91 Å². The third kappa shape index (κ3) is 4.51. The predicted octanol–water partition coefficient (Wildman–Crippen LogP) is 4.32. The Morgan fingerprint density at radius 3 is 2.42 bits per heavy atom. The van der Waals surface area contributed by atoms with Crippen LogP contribution in [-0.4, -0.2) is 19.6 Å². The highest BCUT2D eigenvalue weighted by Gasteiger charge is 2.17. The van der Waals surface area contributed by atoms with Gasteiger partial charge in [-0.25, -0.2) is 0 Å². The predicted molar refractivity (Wildman–Crippen MR) is 97.0 cm³/mol. The van der Waals surface area contributed by atoms with E-state index >= 15 is 0 Å². The monoisotopic (exact) mass is 327 g/mol. The summed E-state index contributed by atoms with van der Waals surface area (Å²) in [5.74, 6) is 1.12. The van der Waals surface area contributed by atoms with Crippen molar-refractivity contribution in [3.8, 4) is 11.5 Å². The van der Waals surface area contributed by atoms with Gasteiger partial charge in [0.1, 0.15) is 11.5 Å². The van der Waals surface area contributed by atoms with E-state index in [1.165, 1.54) is 0 Å². The molecule has 0 aliphatic carbocycles. The van der Waals surface area contributed by atoms with Crippen LogP contribution in [0.25, 0.3) is 0 Å². The van der Waals surface area contributed by atoms with Crippen molar-refractivity contribution in [1.82, 2.24) is 0 Å². The molecule has 2 aromatic rings. The number of methoxy groups -OCH3 is 1. The molecule has 0 spiro atoms. The molecule has 128 valence electrons. The van der Waals surface area contributed by atoms with Gasteiger partial charge < -0.3 is 14.8 Å². The maximum absolute atomic E-state index is 12.2. The Morgan fingerprint density at radius 2 is 1.79 bits per heavy atom. The Morgan fingerprint density at radius 1 is 1.08 bits per heavy atom. The summed E-state index contributed by atoms with van der Waals surface area (Å²) in [6.45, 7) is 8.28. The maximum atomic E-state index is 12.2. The number of amides is 1. The fourth-order valence-corrected chi connectivity index (χ4v) is 2.32. The first kappa shape index (κ1) is 17.9. The van der Waals surface area contributed by atoms with Gasteiger partial charge in [0.05, 0.1) is 12.8 Å². The highest BCUT2D eigenvalue weighted by Crippen LogP contribution is 2.31. The summed E-state index contributed by atoms with van der Waals surface area (Å²) in [4.78, 5) is 12.2. The molecule has 1 N–H and O–H groups in total. The molecule has 0 aliphatic rings. The number of hydrogen-bond donors (Lipinski definition) is 1. The molecule has 1 amide bonds. The number of hydrogen-bond acceptors (Lipinski definition) is 3. The summed E-state index contributed by atoms with van der Waals surface area (Å²) >= 11 is 0. The largest absolute Gasteiger partial charge is 0.495 e. The van der Waals surface area contributed by atoms with Crippen molar-refractivity contribution >= 4 is 11.6 Å². The first-order valence-corrected chi connectivity index (χ1v) is 7.98. The van der Waals surface area contributed by atoms with E-state index < -0.39 is 0 Å². The van der Waals surface area contributed by atoms with Gasteiger partial charge in [-0.3, -0.25) is 4.79 Å². The van der Waals surface area contributed by atoms with E-state index in [0.717, 1.165) is 11.1 Å². The molecule has 0 saturated carbocycles. The second-order valence-corrected chi connectivity index (χ2v) is 6.77. The van der Waals surface area contributed by atoms with Crippen molar-refractivity contribution in [2.24, 2.45) is 0 Å². The van der Waals surface area contributed by atoms with Gasteiger partial charge in [-0.2, -0.15) is 0 Å². The molecule has 0 fully saturated rings. The summed E-state index contributed by atoms with van der Waals surface area (Å²) in [6.07, 6.45) is 0. The average molecular weight is 327 g/mol. The highest BCUT2D eigenvalue weighted by molar-refractivity contribution is 5.93. The topological polar surface area (TPSA) is 47.6 Å². The molecule has 0 aliphatic heterocycles. The molecule has 2 aromatic carbocycles. The van der Waals surface area contributed by atoms with E-state index in [1.807, 2.05) is 49.4 Å². The van der Waals surface area contributed by atoms with E-state index in [0.29, 0.717) is 17.2 Å². The van der Waals surface area contributed by atoms with Gasteiger partial charge in [-0.05, 0) is 41.7 Å². The number of benzene rings is 2. The smallest absolute Gasteiger partial charge is 0.262 e. The molecule has 2 rings (SSSR count). The number of carbonyl (C=O) groups is 1. The lowest BCUT2D eigenvalue weighted by molar-refractivity contribution is -0.118. The molecule has 0 aromatic heterocycles. The van der Waals surface area contributed by atoms with Gasteiger partial charge in [-0.15, -0.1) is 0 Å². The average Bonchev–Trinajstić information content (AvgIpc) is 2.53. The third-order valence-electron chi connectivity index (χ3n) is 3.79. The molecule has 4 nitrogen and oxygen atoms in total. The number of carbonyl (C=O) groups excluding carboxylic acids is 1. The first-order chi connectivity index (χ1) is 11.3. The maximum Gasteiger partial charge on any atom is 0.262 e. The molecule has 0 radical (unpaired) electrons. The fourth-order valence-electron chi connectivity index (χ4n) is 2.32. The van der Waals surface area contributed by atoms with E-state index in [9.17, 15) is 4.79 Å². The lowest BCUT2D eigenvalue weighted by Gasteiger charge is -2.21. The molecular formula is C20H25NO3. The Balaban J connectivity index is 2.09. The molecule has 24 heavy (non-hydrogen) atoms. The zero-order chi connectivity index (χ0) is 17.7. The summed E-state index contributed by atoms with van der Waals surface area (Å²) in [5.41, 5.74) is 2.77. The number of rotatable bonds is 5. The Labute approximate surface area is 143 Å². The van der Waals surface area contributed by atoms with Crippen LogP contribution < -0.4 is 14.8 Å². The minimum absolute atomic E-state index is 0.0105. The van der Waals surface area contributed by atoms with Crippen LogP contribution in [0.1, 0.15) is 31.9 Å². The van der Waals surface area contributed by atoms with Crippen LogP contribution in [0.5, 0.6) is 11.5 Å². The zero-order valence-electron chi connectivity index (χ0n) is 15.0. The molecule has 0 saturated heterocycles. The molecular weight excluding hydrogens is 302 g/mol. The van der Waals surface area contributed by atoms with Crippen molar-refractivity contribution < 1.29 is 14.3 Å². The van der Waals surface area contributed by atoms with E-state index in [-0.39, 0.29) is 17.9 Å². The number of aryl methyl sites for hydroxylation is 1. The van der Waals surface area contributed by atoms with Gasteiger partial charge in [-0.1, -0.05) is 45.0 Å². The van der Waals surface area contributed by atoms with Crippen LogP contribution in [-0.2, 0) is 10.2 Å². The van der Waals surface area contributed by atoms with E-state index in [2.05, 4.69) is 26.1 Å². The molecule has 0 atom stereocenters. The van der Waals surface area contributed by atoms with Crippen molar-refractivity contribution in [3.63, 3.8) is 0 Å². The molecule has 0 unspecified atom stereocenters. The van der Waals surface area contributed by atoms with Crippen molar-refractivity contribution in [2.75, 3.05) is 19.0 Å². The number of para-hydroxylation sites is 1. The van der Waals surface area contributed by atoms with E-state index in [4.69, 9.17) is 9.47 Å². The lowest BCUT2D eigenvalue weighted by atomic mass is 9.87. The van der Waals surface area contributed by atoms with Crippen LogP contribution in [0, 0.1) is 6.92 Å². The van der Waals surface area contributed by atoms with Crippen LogP contribution in [0.3, 0.4) is 0 Å². The number of ether oxygens (including phenoxy) is 2. The van der Waals surface area contributed by atoms with Crippen LogP contribution >= 0.6 is 0 Å². The first-order valence-electron chi connectivity index (χ1n) is 7.98. The summed E-state index contributed by atoms with van der Waals surface area (Å²) in [6, 6.07) is 13.5.